The first-order valence-electron chi connectivity index (χ1n) is 4.80. The van der Waals surface area contributed by atoms with Crippen molar-refractivity contribution in [2.24, 2.45) is 0 Å². The van der Waals surface area contributed by atoms with Crippen LogP contribution >= 0.6 is 90.8 Å². The van der Waals surface area contributed by atoms with E-state index in [-0.39, 0.29) is 7.14 Å². The van der Waals surface area contributed by atoms with Crippen LogP contribution in [-0.2, 0) is 0 Å². The van der Waals surface area contributed by atoms with E-state index < -0.39 is 23.0 Å². The van der Waals surface area contributed by atoms with Crippen LogP contribution in [0.3, 0.4) is 0 Å². The Bertz CT molecular complexity index is 624. The topological polar surface area (TPSA) is 51.8 Å². The number of aromatic nitrogens is 3. The third kappa shape index (κ3) is 6.87. The lowest BCUT2D eigenvalue weighted by molar-refractivity contribution is 0.268. The van der Waals surface area contributed by atoms with Gasteiger partial charge in [-0.1, -0.05) is 0 Å². The number of halogens is 7. The zero-order chi connectivity index (χ0) is 16.7. The van der Waals surface area contributed by atoms with Crippen LogP contribution < -0.4 is 0 Å². The van der Waals surface area contributed by atoms with Crippen LogP contribution in [0.5, 0.6) is 0 Å². The molecule has 3 aromatic rings. The standard InChI is InChI=1S/C3F2INO.C3F2INS.C3H2INS/c2*4-2-1(6)3(5)8-7-2;4-3-1-5-6-2-3/h;;1-2H. The summed E-state index contributed by atoms with van der Waals surface area (Å²) in [5, 5.41) is 4.14. The predicted molar refractivity (Wildman–Crippen MR) is 98.7 cm³/mol. The average molecular weight is 689 g/mol. The molecule has 13 heteroatoms. The largest absolute Gasteiger partial charge is 0.322 e. The summed E-state index contributed by atoms with van der Waals surface area (Å²) in [6.45, 7) is 0. The van der Waals surface area contributed by atoms with Crippen LogP contribution in [0, 0.1) is 33.8 Å². The maximum absolute atomic E-state index is 12.0. The fourth-order valence-electron chi connectivity index (χ4n) is 0.675. The molecule has 4 nitrogen and oxygen atoms in total. The van der Waals surface area contributed by atoms with Crippen molar-refractivity contribution < 1.29 is 22.1 Å². The van der Waals surface area contributed by atoms with Crippen molar-refractivity contribution in [1.29, 1.82) is 0 Å². The van der Waals surface area contributed by atoms with Crippen molar-refractivity contribution >= 4 is 90.8 Å². The molecule has 3 aromatic heterocycles. The fourth-order valence-corrected chi connectivity index (χ4v) is 2.93. The molecule has 120 valence electrons. The van der Waals surface area contributed by atoms with Gasteiger partial charge in [0.05, 0.1) is 6.20 Å². The first-order chi connectivity index (χ1) is 10.3. The molecule has 0 aliphatic heterocycles. The van der Waals surface area contributed by atoms with Crippen LogP contribution in [0.25, 0.3) is 0 Å². The second-order valence-corrected chi connectivity index (χ2v) is 7.75. The van der Waals surface area contributed by atoms with Gasteiger partial charge in [0, 0.05) is 8.95 Å². The minimum absolute atomic E-state index is 0.0207. The lowest BCUT2D eigenvalue weighted by Gasteiger charge is -1.74. The molecule has 0 amide bonds. The number of nitrogens with zero attached hydrogens (tertiary/aromatic N) is 3. The zero-order valence-corrected chi connectivity index (χ0v) is 18.0. The Morgan fingerprint density at radius 1 is 1.00 bits per heavy atom. The summed E-state index contributed by atoms with van der Waals surface area (Å²) in [7, 11) is 0. The van der Waals surface area contributed by atoms with E-state index in [2.05, 4.69) is 41.0 Å². The summed E-state index contributed by atoms with van der Waals surface area (Å²) in [6, 6.07) is -0.969. The SMILES string of the molecule is Fc1noc(F)c1I.Fc1nsc(F)c1I.Ic1cnsc1. The number of hydrogen-bond acceptors (Lipinski definition) is 6. The molecule has 0 N–H and O–H groups in total. The van der Waals surface area contributed by atoms with Gasteiger partial charge in [0.2, 0.25) is 11.1 Å². The maximum Gasteiger partial charge on any atom is 0.322 e. The molecular weight excluding hydrogens is 687 g/mol. The van der Waals surface area contributed by atoms with Gasteiger partial charge in [-0.15, -0.1) is 0 Å². The molecule has 3 rings (SSSR count). The van der Waals surface area contributed by atoms with E-state index in [0.717, 1.165) is 0 Å². The molecule has 0 saturated carbocycles. The molecule has 3 heterocycles. The van der Waals surface area contributed by atoms with Crippen molar-refractivity contribution in [2.45, 2.75) is 0 Å². The normalized spacial score (nSPS) is 9.59. The Labute approximate surface area is 170 Å². The van der Waals surface area contributed by atoms with Gasteiger partial charge < -0.3 is 4.52 Å². The quantitative estimate of drug-likeness (QED) is 0.237. The first kappa shape index (κ1) is 20.4. The summed E-state index contributed by atoms with van der Waals surface area (Å²) >= 11 is 7.26. The molecule has 0 aromatic carbocycles. The van der Waals surface area contributed by atoms with Crippen LogP contribution in [0.15, 0.2) is 16.1 Å². The highest BCUT2D eigenvalue weighted by Crippen LogP contribution is 2.16. The zero-order valence-electron chi connectivity index (χ0n) is 9.87. The molecule has 0 bridgehead atoms. The molecule has 22 heavy (non-hydrogen) atoms. The lowest BCUT2D eigenvalue weighted by atomic mass is 10.7. The van der Waals surface area contributed by atoms with Crippen molar-refractivity contribution in [3.05, 3.63) is 45.3 Å². The minimum atomic E-state index is -0.969. The Morgan fingerprint density at radius 3 is 1.82 bits per heavy atom. The van der Waals surface area contributed by atoms with Gasteiger partial charge in [-0.25, -0.2) is 4.37 Å². The van der Waals surface area contributed by atoms with Gasteiger partial charge >= 0.3 is 6.01 Å². The second-order valence-electron chi connectivity index (χ2n) is 2.96. The number of hydrogen-bond donors (Lipinski definition) is 0. The van der Waals surface area contributed by atoms with Gasteiger partial charge in [-0.05, 0) is 96.0 Å². The minimum Gasteiger partial charge on any atom is -0.322 e. The Balaban J connectivity index is 0.000000167. The highest BCUT2D eigenvalue weighted by atomic mass is 127. The van der Waals surface area contributed by atoms with Crippen LogP contribution in [0.1, 0.15) is 0 Å². The summed E-state index contributed by atoms with van der Waals surface area (Å²) in [6.07, 6.45) is 1.84. The molecule has 0 fully saturated rings. The highest BCUT2D eigenvalue weighted by molar-refractivity contribution is 14.1. The summed E-state index contributed by atoms with van der Waals surface area (Å²) in [5.41, 5.74) is 0. The van der Waals surface area contributed by atoms with E-state index in [1.165, 1.54) is 37.7 Å². The summed E-state index contributed by atoms with van der Waals surface area (Å²) in [4.78, 5) is 0. The monoisotopic (exact) mass is 689 g/mol. The van der Waals surface area contributed by atoms with Crippen LogP contribution in [0.2, 0.25) is 0 Å². The molecule has 0 aliphatic rings. The molecule has 0 unspecified atom stereocenters. The molecular formula is C9H2F4I3N3OS2. The highest BCUT2D eigenvalue weighted by Gasteiger charge is 2.10. The van der Waals surface area contributed by atoms with Crippen LogP contribution in [0.4, 0.5) is 17.6 Å². The van der Waals surface area contributed by atoms with E-state index in [0.29, 0.717) is 11.5 Å². The third-order valence-corrected chi connectivity index (χ3v) is 5.89. The van der Waals surface area contributed by atoms with Crippen molar-refractivity contribution in [3.63, 3.8) is 0 Å². The van der Waals surface area contributed by atoms with Gasteiger partial charge in [-0.2, -0.15) is 21.9 Å². The van der Waals surface area contributed by atoms with Gasteiger partial charge in [-0.3, -0.25) is 0 Å². The smallest absolute Gasteiger partial charge is 0.322 e. The molecule has 0 aliphatic carbocycles. The third-order valence-electron chi connectivity index (χ3n) is 1.52. The molecule has 0 spiro atoms. The fraction of sp³-hybridized carbons (Fsp3) is 0. The van der Waals surface area contributed by atoms with E-state index >= 15 is 0 Å². The van der Waals surface area contributed by atoms with Crippen molar-refractivity contribution in [1.82, 2.24) is 13.9 Å². The lowest BCUT2D eigenvalue weighted by Crippen LogP contribution is -1.74. The number of rotatable bonds is 0. The van der Waals surface area contributed by atoms with E-state index in [9.17, 15) is 17.6 Å². The van der Waals surface area contributed by atoms with E-state index in [1.807, 2.05) is 11.6 Å². The van der Waals surface area contributed by atoms with Gasteiger partial charge in [0.1, 0.15) is 7.14 Å². The second kappa shape index (κ2) is 10.3. The van der Waals surface area contributed by atoms with Crippen LogP contribution in [-0.4, -0.2) is 13.9 Å². The van der Waals surface area contributed by atoms with E-state index in [4.69, 9.17) is 0 Å². The van der Waals surface area contributed by atoms with E-state index in [1.54, 1.807) is 22.6 Å². The summed E-state index contributed by atoms with van der Waals surface area (Å²) < 4.78 is 59.5. The summed E-state index contributed by atoms with van der Waals surface area (Å²) in [5.74, 6) is -1.61. The average Bonchev–Trinajstić information content (AvgIpc) is 3.16. The van der Waals surface area contributed by atoms with Gasteiger partial charge in [0.25, 0.3) is 5.95 Å². The molecule has 0 saturated heterocycles. The Kier molecular flexibility index (Phi) is 9.55. The maximum atomic E-state index is 12.0. The Hall–Kier alpha value is 0.380. The van der Waals surface area contributed by atoms with Gasteiger partial charge in [0.15, 0.2) is 0 Å². The van der Waals surface area contributed by atoms with Crippen molar-refractivity contribution in [2.75, 3.05) is 0 Å². The van der Waals surface area contributed by atoms with Crippen molar-refractivity contribution in [3.8, 4) is 0 Å². The predicted octanol–water partition coefficient (Wildman–Crippen LogP) is 5.33. The molecule has 0 radical (unpaired) electrons. The molecule has 0 atom stereocenters. The first-order valence-corrected chi connectivity index (χ1v) is 9.64. The Morgan fingerprint density at radius 2 is 1.68 bits per heavy atom.